The van der Waals surface area contributed by atoms with Crippen molar-refractivity contribution in [3.8, 4) is 0 Å². The molecule has 3 heteroatoms. The van der Waals surface area contributed by atoms with Crippen LogP contribution in [0.25, 0.3) is 0 Å². The number of carbonyl (C=O) groups is 1. The topological polar surface area (TPSA) is 52.3 Å². The van der Waals surface area contributed by atoms with Gasteiger partial charge < -0.3 is 10.5 Å². The molecule has 0 aliphatic carbocycles. The van der Waals surface area contributed by atoms with E-state index in [-0.39, 0.29) is 5.97 Å². The van der Waals surface area contributed by atoms with Gasteiger partial charge in [0.15, 0.2) is 0 Å². The van der Waals surface area contributed by atoms with Crippen molar-refractivity contribution in [1.29, 1.82) is 0 Å². The van der Waals surface area contributed by atoms with Crippen molar-refractivity contribution in [2.75, 3.05) is 6.61 Å². The van der Waals surface area contributed by atoms with Crippen LogP contribution >= 0.6 is 0 Å². The minimum absolute atomic E-state index is 0.341. The molecule has 1 atom stereocenters. The van der Waals surface area contributed by atoms with Gasteiger partial charge in [0.2, 0.25) is 0 Å². The number of nitrogens with two attached hydrogens (primary N) is 1. The van der Waals surface area contributed by atoms with Gasteiger partial charge in [0.1, 0.15) is 6.04 Å². The van der Waals surface area contributed by atoms with Crippen molar-refractivity contribution < 1.29 is 9.53 Å². The zero-order valence-electron chi connectivity index (χ0n) is 12.9. The highest BCUT2D eigenvalue weighted by Gasteiger charge is 2.16. The molecule has 0 aliphatic rings. The zero-order valence-corrected chi connectivity index (χ0v) is 12.9. The van der Waals surface area contributed by atoms with Gasteiger partial charge in [-0.05, 0) is 23.8 Å². The van der Waals surface area contributed by atoms with Gasteiger partial charge in [-0.25, -0.2) is 4.79 Å². The molecule has 1 aromatic carbocycles. The van der Waals surface area contributed by atoms with E-state index in [0.717, 1.165) is 18.4 Å². The van der Waals surface area contributed by atoms with Crippen molar-refractivity contribution in [1.82, 2.24) is 0 Å². The summed E-state index contributed by atoms with van der Waals surface area (Å²) in [5.74, 6) is -0.341. The Hall–Kier alpha value is -1.35. The number of ether oxygens (including phenoxy) is 1. The lowest BCUT2D eigenvalue weighted by Crippen LogP contribution is -2.24. The van der Waals surface area contributed by atoms with Crippen LogP contribution in [0.15, 0.2) is 30.3 Å². The number of unbranched alkanes of at least 4 members (excludes halogenated alkanes) is 2. The van der Waals surface area contributed by atoms with E-state index in [1.807, 2.05) is 30.3 Å². The molecule has 3 nitrogen and oxygen atoms in total. The molecule has 1 aromatic rings. The summed E-state index contributed by atoms with van der Waals surface area (Å²) < 4.78 is 5.23. The van der Waals surface area contributed by atoms with Crippen LogP contribution in [0.4, 0.5) is 0 Å². The minimum atomic E-state index is -0.675. The fourth-order valence-electron chi connectivity index (χ4n) is 1.99. The second kappa shape index (κ2) is 8.05. The summed E-state index contributed by atoms with van der Waals surface area (Å²) in [4.78, 5) is 11.8. The predicted molar refractivity (Wildman–Crippen MR) is 82.3 cm³/mol. The third-order valence-corrected chi connectivity index (χ3v) is 3.23. The van der Waals surface area contributed by atoms with E-state index in [2.05, 4.69) is 20.8 Å². The second-order valence-corrected chi connectivity index (χ2v) is 6.43. The smallest absolute Gasteiger partial charge is 0.327 e. The monoisotopic (exact) mass is 277 g/mol. The fourth-order valence-corrected chi connectivity index (χ4v) is 1.99. The highest BCUT2D eigenvalue weighted by atomic mass is 16.5. The molecular weight excluding hydrogens is 250 g/mol. The maximum atomic E-state index is 11.8. The van der Waals surface area contributed by atoms with Crippen molar-refractivity contribution in [3.63, 3.8) is 0 Å². The number of rotatable bonds is 7. The largest absolute Gasteiger partial charge is 0.464 e. The quantitative estimate of drug-likeness (QED) is 0.608. The van der Waals surface area contributed by atoms with Crippen molar-refractivity contribution >= 4 is 5.97 Å². The van der Waals surface area contributed by atoms with E-state index in [1.165, 1.54) is 12.8 Å². The van der Waals surface area contributed by atoms with Crippen LogP contribution < -0.4 is 5.73 Å². The van der Waals surface area contributed by atoms with Gasteiger partial charge in [0.25, 0.3) is 0 Å². The number of hydrogen-bond acceptors (Lipinski definition) is 3. The van der Waals surface area contributed by atoms with Crippen molar-refractivity contribution in [2.45, 2.75) is 52.5 Å². The first kappa shape index (κ1) is 16.7. The first-order valence-corrected chi connectivity index (χ1v) is 7.37. The van der Waals surface area contributed by atoms with Crippen LogP contribution in [0.3, 0.4) is 0 Å². The number of benzene rings is 1. The Bertz CT molecular complexity index is 395. The van der Waals surface area contributed by atoms with Crippen LogP contribution in [-0.4, -0.2) is 12.6 Å². The molecule has 0 saturated heterocycles. The van der Waals surface area contributed by atoms with E-state index in [4.69, 9.17) is 10.5 Å². The van der Waals surface area contributed by atoms with Gasteiger partial charge >= 0.3 is 5.97 Å². The Kier molecular flexibility index (Phi) is 6.73. The van der Waals surface area contributed by atoms with Crippen molar-refractivity contribution in [2.24, 2.45) is 11.1 Å². The summed E-state index contributed by atoms with van der Waals surface area (Å²) in [6.07, 6.45) is 4.37. The summed E-state index contributed by atoms with van der Waals surface area (Å²) in [6.45, 7) is 7.19. The lowest BCUT2D eigenvalue weighted by molar-refractivity contribution is -0.145. The normalized spacial score (nSPS) is 13.0. The maximum Gasteiger partial charge on any atom is 0.327 e. The maximum absolute atomic E-state index is 11.8. The summed E-state index contributed by atoms with van der Waals surface area (Å²) >= 11 is 0. The molecule has 2 N–H and O–H groups in total. The Morgan fingerprint density at radius 3 is 2.40 bits per heavy atom. The molecule has 0 aromatic heterocycles. The van der Waals surface area contributed by atoms with Gasteiger partial charge in [-0.15, -0.1) is 0 Å². The molecule has 0 saturated carbocycles. The highest BCUT2D eigenvalue weighted by molar-refractivity contribution is 5.77. The fraction of sp³-hybridized carbons (Fsp3) is 0.588. The molecule has 0 spiro atoms. The second-order valence-electron chi connectivity index (χ2n) is 6.43. The Balaban J connectivity index is 2.17. The first-order chi connectivity index (χ1) is 9.40. The summed E-state index contributed by atoms with van der Waals surface area (Å²) in [5, 5.41) is 0. The Morgan fingerprint density at radius 1 is 1.15 bits per heavy atom. The van der Waals surface area contributed by atoms with Gasteiger partial charge in [-0.2, -0.15) is 0 Å². The van der Waals surface area contributed by atoms with Crippen molar-refractivity contribution in [3.05, 3.63) is 35.9 Å². The number of esters is 1. The molecular formula is C17H27NO2. The van der Waals surface area contributed by atoms with Crippen LogP contribution in [0.2, 0.25) is 0 Å². The highest BCUT2D eigenvalue weighted by Crippen LogP contribution is 2.22. The molecule has 0 bridgehead atoms. The van der Waals surface area contributed by atoms with E-state index in [1.54, 1.807) is 0 Å². The third-order valence-electron chi connectivity index (χ3n) is 3.23. The molecule has 112 valence electrons. The average molecular weight is 277 g/mol. The number of hydrogen-bond donors (Lipinski definition) is 1. The minimum Gasteiger partial charge on any atom is -0.464 e. The lowest BCUT2D eigenvalue weighted by atomic mass is 9.89. The van der Waals surface area contributed by atoms with Gasteiger partial charge in [0, 0.05) is 0 Å². The zero-order chi connectivity index (χ0) is 15.0. The van der Waals surface area contributed by atoms with Gasteiger partial charge in [-0.1, -0.05) is 63.9 Å². The molecule has 1 unspecified atom stereocenters. The molecule has 0 amide bonds. The molecule has 20 heavy (non-hydrogen) atoms. The van der Waals surface area contributed by atoms with E-state index in [9.17, 15) is 4.79 Å². The van der Waals surface area contributed by atoms with Gasteiger partial charge in [0.05, 0.1) is 6.61 Å². The standard InChI is InChI=1S/C17H27NO2/c1-17(2,3)12-8-5-9-13-20-16(19)15(18)14-10-6-4-7-11-14/h4,6-7,10-11,15H,5,8-9,12-13,18H2,1-3H3. The predicted octanol–water partition coefficient (Wildman–Crippen LogP) is 3.84. The molecule has 0 fully saturated rings. The Labute approximate surface area is 122 Å². The van der Waals surface area contributed by atoms with E-state index in [0.29, 0.717) is 12.0 Å². The van der Waals surface area contributed by atoms with E-state index >= 15 is 0 Å². The third kappa shape index (κ3) is 6.71. The summed E-state index contributed by atoms with van der Waals surface area (Å²) in [6, 6.07) is 8.65. The van der Waals surface area contributed by atoms with Crippen LogP contribution in [0.5, 0.6) is 0 Å². The van der Waals surface area contributed by atoms with Crippen LogP contribution in [-0.2, 0) is 9.53 Å². The lowest BCUT2D eigenvalue weighted by Gasteiger charge is -2.17. The summed E-state index contributed by atoms with van der Waals surface area (Å²) in [7, 11) is 0. The first-order valence-electron chi connectivity index (χ1n) is 7.37. The van der Waals surface area contributed by atoms with Crippen LogP contribution in [0.1, 0.15) is 58.1 Å². The van der Waals surface area contributed by atoms with Crippen LogP contribution in [0, 0.1) is 5.41 Å². The SMILES string of the molecule is CC(C)(C)CCCCCOC(=O)C(N)c1ccccc1. The molecule has 0 heterocycles. The molecule has 0 aliphatic heterocycles. The molecule has 1 rings (SSSR count). The Morgan fingerprint density at radius 2 is 1.80 bits per heavy atom. The average Bonchev–Trinajstić information content (AvgIpc) is 2.41. The molecule has 0 radical (unpaired) electrons. The van der Waals surface area contributed by atoms with E-state index < -0.39 is 6.04 Å². The summed E-state index contributed by atoms with van der Waals surface area (Å²) in [5.41, 5.74) is 7.04. The number of carbonyl (C=O) groups excluding carboxylic acids is 1. The van der Waals surface area contributed by atoms with Gasteiger partial charge in [-0.3, -0.25) is 0 Å².